The summed E-state index contributed by atoms with van der Waals surface area (Å²) in [7, 11) is 0. The van der Waals surface area contributed by atoms with Gasteiger partial charge in [-0.1, -0.05) is 30.1 Å². The molecule has 0 aromatic heterocycles. The molecule has 0 bridgehead atoms. The van der Waals surface area contributed by atoms with Crippen molar-refractivity contribution < 1.29 is 19.1 Å². The molecule has 0 atom stereocenters. The number of hydrogen-bond acceptors (Lipinski definition) is 6. The van der Waals surface area contributed by atoms with E-state index < -0.39 is 11.9 Å². The summed E-state index contributed by atoms with van der Waals surface area (Å²) in [6, 6.07) is 9.86. The fourth-order valence-electron chi connectivity index (χ4n) is 3.13. The third kappa shape index (κ3) is 6.32. The third-order valence-corrected chi connectivity index (χ3v) is 5.43. The first-order chi connectivity index (χ1) is 15.4. The first-order valence-corrected chi connectivity index (χ1v) is 11.3. The van der Waals surface area contributed by atoms with Gasteiger partial charge in [0, 0.05) is 23.8 Å². The van der Waals surface area contributed by atoms with Gasteiger partial charge in [-0.05, 0) is 55.0 Å². The number of rotatable bonds is 6. The van der Waals surface area contributed by atoms with Gasteiger partial charge in [-0.3, -0.25) is 10.1 Å². The summed E-state index contributed by atoms with van der Waals surface area (Å²) < 4.78 is 10.8. The Morgan fingerprint density at radius 3 is 2.59 bits per heavy atom. The molecule has 1 aliphatic rings. The van der Waals surface area contributed by atoms with E-state index in [1.54, 1.807) is 18.2 Å². The van der Waals surface area contributed by atoms with E-state index in [4.69, 9.17) is 44.9 Å². The maximum absolute atomic E-state index is 12.7. The van der Waals surface area contributed by atoms with Crippen LogP contribution in [0.15, 0.2) is 36.4 Å². The molecule has 32 heavy (non-hydrogen) atoms. The predicted octanol–water partition coefficient (Wildman–Crippen LogP) is 4.52. The Bertz CT molecular complexity index is 1010. The molecule has 0 saturated carbocycles. The van der Waals surface area contributed by atoms with Crippen LogP contribution in [0.1, 0.15) is 34.1 Å². The fraction of sp³-hybridized carbons (Fsp3) is 0.318. The lowest BCUT2D eigenvalue weighted by molar-refractivity contribution is 0.0505. The number of nitrogens with one attached hydrogen (secondary N) is 2. The molecular weight excluding hydrogens is 473 g/mol. The zero-order valence-electron chi connectivity index (χ0n) is 17.5. The van der Waals surface area contributed by atoms with E-state index in [1.807, 2.05) is 13.0 Å². The van der Waals surface area contributed by atoms with Crippen molar-refractivity contribution in [2.45, 2.75) is 13.3 Å². The number of anilines is 2. The van der Waals surface area contributed by atoms with Gasteiger partial charge in [-0.25, -0.2) is 4.79 Å². The Hall–Kier alpha value is -2.39. The van der Waals surface area contributed by atoms with Crippen molar-refractivity contribution in [1.82, 2.24) is 5.32 Å². The lowest BCUT2D eigenvalue weighted by Gasteiger charge is -2.30. The average molecular weight is 496 g/mol. The Labute approximate surface area is 202 Å². The number of hydrogen-bond donors (Lipinski definition) is 2. The lowest BCUT2D eigenvalue weighted by Crippen LogP contribution is -2.37. The van der Waals surface area contributed by atoms with Gasteiger partial charge in [0.1, 0.15) is 0 Å². The summed E-state index contributed by atoms with van der Waals surface area (Å²) in [6.45, 7) is 4.79. The molecule has 2 aromatic rings. The highest BCUT2D eigenvalue weighted by Crippen LogP contribution is 2.26. The number of benzene rings is 2. The van der Waals surface area contributed by atoms with Gasteiger partial charge in [-0.2, -0.15) is 0 Å². The Balaban J connectivity index is 1.76. The minimum atomic E-state index is -0.498. The summed E-state index contributed by atoms with van der Waals surface area (Å²) in [5.41, 5.74) is 1.92. The van der Waals surface area contributed by atoms with Crippen LogP contribution in [0.3, 0.4) is 0 Å². The van der Waals surface area contributed by atoms with Crippen molar-refractivity contribution in [3.8, 4) is 0 Å². The van der Waals surface area contributed by atoms with Gasteiger partial charge in [0.25, 0.3) is 5.91 Å². The zero-order chi connectivity index (χ0) is 23.1. The molecular formula is C22H23Cl2N3O4S. The monoisotopic (exact) mass is 495 g/mol. The SMILES string of the molecule is CCCOC(=O)c1cc(NC(=S)NC(=O)c2cc(Cl)ccc2Cl)ccc1N1CCOCC1. The second-order valence-electron chi connectivity index (χ2n) is 7.00. The fourth-order valence-corrected chi connectivity index (χ4v) is 3.72. The molecule has 0 unspecified atom stereocenters. The molecule has 1 amide bonds. The first-order valence-electron chi connectivity index (χ1n) is 10.1. The van der Waals surface area contributed by atoms with Crippen LogP contribution in [0.2, 0.25) is 10.0 Å². The van der Waals surface area contributed by atoms with Crippen molar-refractivity contribution in [1.29, 1.82) is 0 Å². The quantitative estimate of drug-likeness (QED) is 0.450. The van der Waals surface area contributed by atoms with Crippen molar-refractivity contribution in [2.24, 2.45) is 0 Å². The molecule has 1 fully saturated rings. The number of carbonyl (C=O) groups is 2. The molecule has 170 valence electrons. The molecule has 1 aliphatic heterocycles. The molecule has 0 radical (unpaired) electrons. The van der Waals surface area contributed by atoms with Gasteiger partial charge in [0.15, 0.2) is 5.11 Å². The molecule has 3 rings (SSSR count). The van der Waals surface area contributed by atoms with E-state index in [2.05, 4.69) is 15.5 Å². The Morgan fingerprint density at radius 1 is 1.12 bits per heavy atom. The standard InChI is InChI=1S/C22H23Cl2N3O4S/c1-2-9-31-21(29)17-13-15(4-6-19(17)27-7-10-30-11-8-27)25-22(32)26-20(28)16-12-14(23)3-5-18(16)24/h3-6,12-13H,2,7-11H2,1H3,(H2,25,26,28,32). The largest absolute Gasteiger partial charge is 0.462 e. The highest BCUT2D eigenvalue weighted by Gasteiger charge is 2.21. The van der Waals surface area contributed by atoms with E-state index in [9.17, 15) is 9.59 Å². The van der Waals surface area contributed by atoms with Crippen molar-refractivity contribution in [3.05, 3.63) is 57.6 Å². The number of carbonyl (C=O) groups excluding carboxylic acids is 2. The number of thiocarbonyl (C=S) groups is 1. The normalized spacial score (nSPS) is 13.4. The summed E-state index contributed by atoms with van der Waals surface area (Å²) in [4.78, 5) is 27.3. The second kappa shape index (κ2) is 11.5. The van der Waals surface area contributed by atoms with E-state index in [-0.39, 0.29) is 15.7 Å². The van der Waals surface area contributed by atoms with Crippen LogP contribution in [0, 0.1) is 0 Å². The summed E-state index contributed by atoms with van der Waals surface area (Å²) >= 11 is 17.3. The third-order valence-electron chi connectivity index (χ3n) is 4.66. The lowest BCUT2D eigenvalue weighted by atomic mass is 10.1. The minimum Gasteiger partial charge on any atom is -0.462 e. The van der Waals surface area contributed by atoms with Crippen LogP contribution < -0.4 is 15.5 Å². The molecule has 7 nitrogen and oxygen atoms in total. The number of halogens is 2. The number of ether oxygens (including phenoxy) is 2. The number of nitrogens with zero attached hydrogens (tertiary/aromatic N) is 1. The van der Waals surface area contributed by atoms with Gasteiger partial charge >= 0.3 is 5.97 Å². The molecule has 1 saturated heterocycles. The van der Waals surface area contributed by atoms with Gasteiger partial charge in [-0.15, -0.1) is 0 Å². The molecule has 0 aliphatic carbocycles. The topological polar surface area (TPSA) is 79.9 Å². The molecule has 2 aromatic carbocycles. The molecule has 0 spiro atoms. The highest BCUT2D eigenvalue weighted by molar-refractivity contribution is 7.80. The van der Waals surface area contributed by atoms with Crippen LogP contribution in [0.5, 0.6) is 0 Å². The van der Waals surface area contributed by atoms with E-state index >= 15 is 0 Å². The van der Waals surface area contributed by atoms with Gasteiger partial charge < -0.3 is 19.7 Å². The van der Waals surface area contributed by atoms with Gasteiger partial charge in [0.05, 0.1) is 41.7 Å². The van der Waals surface area contributed by atoms with Crippen LogP contribution in [-0.2, 0) is 9.47 Å². The average Bonchev–Trinajstić information content (AvgIpc) is 2.79. The second-order valence-corrected chi connectivity index (χ2v) is 8.25. The van der Waals surface area contributed by atoms with E-state index in [0.717, 1.165) is 12.1 Å². The number of amides is 1. The molecule has 10 heteroatoms. The first kappa shape index (κ1) is 24.3. The van der Waals surface area contributed by atoms with Crippen LogP contribution >= 0.6 is 35.4 Å². The van der Waals surface area contributed by atoms with E-state index in [1.165, 1.54) is 12.1 Å². The van der Waals surface area contributed by atoms with E-state index in [0.29, 0.717) is 49.2 Å². The predicted molar refractivity (Wildman–Crippen MR) is 130 cm³/mol. The summed E-state index contributed by atoms with van der Waals surface area (Å²) in [6.07, 6.45) is 0.721. The highest BCUT2D eigenvalue weighted by atomic mass is 35.5. The number of morpholine rings is 1. The van der Waals surface area contributed by atoms with Crippen LogP contribution in [0.25, 0.3) is 0 Å². The Morgan fingerprint density at radius 2 is 1.88 bits per heavy atom. The smallest absolute Gasteiger partial charge is 0.340 e. The number of esters is 1. The van der Waals surface area contributed by atoms with Crippen molar-refractivity contribution >= 4 is 63.8 Å². The van der Waals surface area contributed by atoms with Crippen molar-refractivity contribution in [3.63, 3.8) is 0 Å². The minimum absolute atomic E-state index is 0.0537. The molecule has 2 N–H and O–H groups in total. The Kier molecular flexibility index (Phi) is 8.69. The summed E-state index contributed by atoms with van der Waals surface area (Å²) in [5, 5.41) is 6.19. The maximum Gasteiger partial charge on any atom is 0.340 e. The summed E-state index contributed by atoms with van der Waals surface area (Å²) in [5.74, 6) is -0.917. The van der Waals surface area contributed by atoms with Crippen LogP contribution in [0.4, 0.5) is 11.4 Å². The van der Waals surface area contributed by atoms with Gasteiger partial charge in [0.2, 0.25) is 0 Å². The van der Waals surface area contributed by atoms with Crippen LogP contribution in [-0.4, -0.2) is 49.9 Å². The molecule has 1 heterocycles. The van der Waals surface area contributed by atoms with Crippen molar-refractivity contribution in [2.75, 3.05) is 43.1 Å². The maximum atomic E-state index is 12.7. The zero-order valence-corrected chi connectivity index (χ0v) is 19.8.